The van der Waals surface area contributed by atoms with Gasteiger partial charge in [0.2, 0.25) is 0 Å². The van der Waals surface area contributed by atoms with Crippen LogP contribution in [-0.4, -0.2) is 22.0 Å². The monoisotopic (exact) mass is 330 g/mol. The topological polar surface area (TPSA) is 141 Å². The molecular formula is C14H10N4O6. The van der Waals surface area contributed by atoms with Crippen molar-refractivity contribution < 1.29 is 19.1 Å². The number of benzene rings is 1. The van der Waals surface area contributed by atoms with Gasteiger partial charge in [-0.1, -0.05) is 6.07 Å². The van der Waals surface area contributed by atoms with Crippen LogP contribution in [0, 0.1) is 20.2 Å². The number of nitrogens with zero attached hydrogens (tertiary/aromatic N) is 3. The first kappa shape index (κ1) is 16.5. The van der Waals surface area contributed by atoms with Crippen molar-refractivity contribution in [2.75, 3.05) is 0 Å². The molecule has 0 aliphatic carbocycles. The Labute approximate surface area is 134 Å². The van der Waals surface area contributed by atoms with Gasteiger partial charge in [-0.15, -0.1) is 0 Å². The van der Waals surface area contributed by atoms with E-state index in [4.69, 9.17) is 4.42 Å². The van der Waals surface area contributed by atoms with Crippen molar-refractivity contribution in [1.82, 2.24) is 5.43 Å². The van der Waals surface area contributed by atoms with Gasteiger partial charge in [-0.05, 0) is 24.3 Å². The summed E-state index contributed by atoms with van der Waals surface area (Å²) in [5.74, 6) is -0.749. The van der Waals surface area contributed by atoms with Crippen molar-refractivity contribution in [2.45, 2.75) is 0 Å². The highest BCUT2D eigenvalue weighted by atomic mass is 16.6. The van der Waals surface area contributed by atoms with Crippen LogP contribution in [0.4, 0.5) is 11.6 Å². The highest BCUT2D eigenvalue weighted by Crippen LogP contribution is 2.16. The summed E-state index contributed by atoms with van der Waals surface area (Å²) in [6, 6.07) is 7.81. The Morgan fingerprint density at radius 3 is 2.62 bits per heavy atom. The summed E-state index contributed by atoms with van der Waals surface area (Å²) in [7, 11) is 0. The minimum atomic E-state index is -0.662. The third kappa shape index (κ3) is 4.34. The minimum Gasteiger partial charge on any atom is -0.401 e. The number of nitrogens with one attached hydrogen (secondary N) is 1. The van der Waals surface area contributed by atoms with Gasteiger partial charge in [0.15, 0.2) is 0 Å². The van der Waals surface area contributed by atoms with E-state index in [0.29, 0.717) is 0 Å². The predicted octanol–water partition coefficient (Wildman–Crippen LogP) is 2.53. The highest BCUT2D eigenvalue weighted by Gasteiger charge is 2.11. The van der Waals surface area contributed by atoms with Crippen LogP contribution >= 0.6 is 0 Å². The van der Waals surface area contributed by atoms with Crippen LogP contribution in [0.25, 0.3) is 6.08 Å². The maximum absolute atomic E-state index is 11.8. The van der Waals surface area contributed by atoms with Gasteiger partial charge in [-0.3, -0.25) is 25.0 Å². The molecule has 2 aromatic rings. The van der Waals surface area contributed by atoms with E-state index in [1.807, 2.05) is 0 Å². The lowest BCUT2D eigenvalue weighted by molar-refractivity contribution is -0.402. The number of hydrogen-bond donors (Lipinski definition) is 1. The number of nitro benzene ring substituents is 1. The molecule has 0 aliphatic rings. The first-order valence-electron chi connectivity index (χ1n) is 6.46. The van der Waals surface area contributed by atoms with Crippen molar-refractivity contribution in [3.63, 3.8) is 0 Å². The van der Waals surface area contributed by atoms with Crippen LogP contribution < -0.4 is 5.43 Å². The summed E-state index contributed by atoms with van der Waals surface area (Å²) in [5, 5.41) is 24.7. The molecule has 0 unspecified atom stereocenters. The molecule has 1 heterocycles. The van der Waals surface area contributed by atoms with Gasteiger partial charge in [0.05, 0.1) is 11.0 Å². The Hall–Kier alpha value is -3.82. The Bertz CT molecular complexity index is 839. The molecule has 0 aliphatic heterocycles. The summed E-state index contributed by atoms with van der Waals surface area (Å²) >= 11 is 0. The second kappa shape index (κ2) is 7.45. The van der Waals surface area contributed by atoms with E-state index in [2.05, 4.69) is 10.5 Å². The maximum atomic E-state index is 11.8. The SMILES string of the molecule is O=C(NN=CC=Cc1ccc([N+](=O)[O-])o1)c1cccc([N+](=O)[O-])c1. The Morgan fingerprint density at radius 2 is 1.96 bits per heavy atom. The molecule has 10 nitrogen and oxygen atoms in total. The largest absolute Gasteiger partial charge is 0.433 e. The molecule has 0 saturated carbocycles. The average Bonchev–Trinajstić information content (AvgIpc) is 3.03. The fourth-order valence-electron chi connectivity index (χ4n) is 1.63. The smallest absolute Gasteiger partial charge is 0.401 e. The summed E-state index contributed by atoms with van der Waals surface area (Å²) in [4.78, 5) is 31.6. The fourth-order valence-corrected chi connectivity index (χ4v) is 1.63. The summed E-state index contributed by atoms with van der Waals surface area (Å²) in [6.45, 7) is 0. The third-order valence-corrected chi connectivity index (χ3v) is 2.70. The zero-order chi connectivity index (χ0) is 17.5. The van der Waals surface area contributed by atoms with Gasteiger partial charge < -0.3 is 4.42 Å². The van der Waals surface area contributed by atoms with Crippen LogP contribution in [0.1, 0.15) is 16.1 Å². The zero-order valence-corrected chi connectivity index (χ0v) is 12.0. The van der Waals surface area contributed by atoms with Crippen molar-refractivity contribution in [1.29, 1.82) is 0 Å². The van der Waals surface area contributed by atoms with Crippen LogP contribution in [-0.2, 0) is 0 Å². The van der Waals surface area contributed by atoms with Crippen LogP contribution in [0.5, 0.6) is 0 Å². The quantitative estimate of drug-likeness (QED) is 0.490. The van der Waals surface area contributed by atoms with E-state index in [1.165, 1.54) is 48.7 Å². The van der Waals surface area contributed by atoms with E-state index in [1.54, 1.807) is 0 Å². The van der Waals surface area contributed by atoms with Crippen LogP contribution in [0.3, 0.4) is 0 Å². The molecular weight excluding hydrogens is 320 g/mol. The van der Waals surface area contributed by atoms with Crippen molar-refractivity contribution >= 4 is 29.8 Å². The molecule has 0 atom stereocenters. The lowest BCUT2D eigenvalue weighted by Gasteiger charge is -1.98. The molecule has 0 bridgehead atoms. The highest BCUT2D eigenvalue weighted by molar-refractivity contribution is 5.95. The lowest BCUT2D eigenvalue weighted by atomic mass is 10.2. The molecule has 122 valence electrons. The molecule has 1 aromatic heterocycles. The van der Waals surface area contributed by atoms with Crippen molar-refractivity contribution in [3.8, 4) is 0 Å². The maximum Gasteiger partial charge on any atom is 0.433 e. The van der Waals surface area contributed by atoms with Gasteiger partial charge in [0.25, 0.3) is 11.6 Å². The fraction of sp³-hybridized carbons (Fsp3) is 0. The number of rotatable bonds is 6. The van der Waals surface area contributed by atoms with E-state index in [-0.39, 0.29) is 22.9 Å². The number of non-ortho nitro benzene ring substituents is 1. The number of nitro groups is 2. The standard InChI is InChI=1S/C14H10N4O6/c19-14(10-3-1-4-11(9-10)17(20)21)16-15-8-2-5-12-6-7-13(24-12)18(22)23/h1-9H,(H,16,19). The Kier molecular flexibility index (Phi) is 5.13. The number of hydrogen-bond acceptors (Lipinski definition) is 7. The molecule has 24 heavy (non-hydrogen) atoms. The second-order valence-corrected chi connectivity index (χ2v) is 4.32. The predicted molar refractivity (Wildman–Crippen MR) is 83.5 cm³/mol. The molecule has 1 amide bonds. The number of amides is 1. The molecule has 10 heteroatoms. The first-order chi connectivity index (χ1) is 11.5. The first-order valence-corrected chi connectivity index (χ1v) is 6.46. The van der Waals surface area contributed by atoms with E-state index < -0.39 is 15.8 Å². The van der Waals surface area contributed by atoms with Crippen molar-refractivity contribution in [2.24, 2.45) is 5.10 Å². The van der Waals surface area contributed by atoms with E-state index in [9.17, 15) is 25.0 Å². The molecule has 1 aromatic carbocycles. The number of hydrazone groups is 1. The Balaban J connectivity index is 1.92. The van der Waals surface area contributed by atoms with Gasteiger partial charge in [0.1, 0.15) is 10.7 Å². The number of allylic oxidation sites excluding steroid dienone is 1. The molecule has 0 fully saturated rings. The van der Waals surface area contributed by atoms with Crippen LogP contribution in [0.2, 0.25) is 0 Å². The normalized spacial score (nSPS) is 11.0. The molecule has 0 radical (unpaired) electrons. The molecule has 0 spiro atoms. The molecule has 1 N–H and O–H groups in total. The van der Waals surface area contributed by atoms with Crippen molar-refractivity contribution in [3.05, 3.63) is 74.0 Å². The summed E-state index contributed by atoms with van der Waals surface area (Å²) in [6.07, 6.45) is 4.04. The number of furan rings is 1. The third-order valence-electron chi connectivity index (χ3n) is 2.70. The van der Waals surface area contributed by atoms with Crippen LogP contribution in [0.15, 0.2) is 52.0 Å². The van der Waals surface area contributed by atoms with E-state index >= 15 is 0 Å². The van der Waals surface area contributed by atoms with E-state index in [0.717, 1.165) is 6.07 Å². The Morgan fingerprint density at radius 1 is 1.17 bits per heavy atom. The summed E-state index contributed by atoms with van der Waals surface area (Å²) < 4.78 is 4.88. The van der Waals surface area contributed by atoms with Gasteiger partial charge in [0, 0.05) is 23.9 Å². The van der Waals surface area contributed by atoms with Gasteiger partial charge in [-0.2, -0.15) is 5.10 Å². The van der Waals surface area contributed by atoms with Gasteiger partial charge >= 0.3 is 5.88 Å². The molecule has 0 saturated heterocycles. The minimum absolute atomic E-state index is 0.0898. The number of carbonyl (C=O) groups excluding carboxylic acids is 1. The molecule has 2 rings (SSSR count). The van der Waals surface area contributed by atoms with Gasteiger partial charge in [-0.25, -0.2) is 5.43 Å². The lowest BCUT2D eigenvalue weighted by Crippen LogP contribution is -2.17. The summed E-state index contributed by atoms with van der Waals surface area (Å²) in [5.41, 5.74) is 2.08. The average molecular weight is 330 g/mol. The zero-order valence-electron chi connectivity index (χ0n) is 12.0. The second-order valence-electron chi connectivity index (χ2n) is 4.32. The number of carbonyl (C=O) groups is 1.